The van der Waals surface area contributed by atoms with E-state index in [2.05, 4.69) is 25.6 Å². The molecule has 0 aliphatic heterocycles. The van der Waals surface area contributed by atoms with Gasteiger partial charge in [0, 0.05) is 11.3 Å². The molecule has 1 aromatic heterocycles. The largest absolute Gasteiger partial charge is 0.573 e. The van der Waals surface area contributed by atoms with Crippen molar-refractivity contribution in [3.63, 3.8) is 0 Å². The molecule has 0 fully saturated rings. The Morgan fingerprint density at radius 1 is 1.12 bits per heavy atom. The number of anilines is 1. The second-order valence-corrected chi connectivity index (χ2v) is 4.83. The molecular formula is C15H10F3N5O2. The summed E-state index contributed by atoms with van der Waals surface area (Å²) < 4.78 is 41.5. The van der Waals surface area contributed by atoms with Crippen molar-refractivity contribution in [1.29, 1.82) is 0 Å². The molecule has 3 rings (SSSR count). The van der Waals surface area contributed by atoms with Crippen LogP contribution in [0, 0.1) is 0 Å². The van der Waals surface area contributed by atoms with Crippen molar-refractivity contribution in [2.24, 2.45) is 0 Å². The molecule has 0 radical (unpaired) electrons. The topological polar surface area (TPSA) is 81.9 Å². The quantitative estimate of drug-likeness (QED) is 0.783. The summed E-state index contributed by atoms with van der Waals surface area (Å²) in [7, 11) is 0. The Balaban J connectivity index is 1.71. The lowest BCUT2D eigenvalue weighted by Gasteiger charge is -2.10. The first kappa shape index (κ1) is 16.4. The SMILES string of the molecule is O=C(Nc1ccc(OC(F)(F)F)cc1)c1cccc(-n2cnnn2)c1. The highest BCUT2D eigenvalue weighted by molar-refractivity contribution is 6.04. The summed E-state index contributed by atoms with van der Waals surface area (Å²) in [6, 6.07) is 11.4. The second-order valence-electron chi connectivity index (χ2n) is 4.83. The lowest BCUT2D eigenvalue weighted by atomic mass is 10.2. The summed E-state index contributed by atoms with van der Waals surface area (Å²) in [6.07, 6.45) is -3.38. The highest BCUT2D eigenvalue weighted by atomic mass is 19.4. The number of ether oxygens (including phenoxy) is 1. The van der Waals surface area contributed by atoms with E-state index < -0.39 is 12.3 Å². The lowest BCUT2D eigenvalue weighted by molar-refractivity contribution is -0.274. The molecule has 0 unspecified atom stereocenters. The van der Waals surface area contributed by atoms with Gasteiger partial charge in [-0.2, -0.15) is 0 Å². The fourth-order valence-electron chi connectivity index (χ4n) is 2.01. The predicted octanol–water partition coefficient (Wildman–Crippen LogP) is 2.81. The fourth-order valence-corrected chi connectivity index (χ4v) is 2.01. The van der Waals surface area contributed by atoms with Crippen LogP contribution in [0.4, 0.5) is 18.9 Å². The van der Waals surface area contributed by atoms with Crippen molar-refractivity contribution >= 4 is 11.6 Å². The van der Waals surface area contributed by atoms with Crippen LogP contribution in [-0.2, 0) is 0 Å². The number of aromatic nitrogens is 4. The van der Waals surface area contributed by atoms with Crippen molar-refractivity contribution in [3.8, 4) is 11.4 Å². The van der Waals surface area contributed by atoms with E-state index in [1.807, 2.05) is 0 Å². The number of nitrogens with zero attached hydrogens (tertiary/aromatic N) is 4. The molecule has 0 atom stereocenters. The average Bonchev–Trinajstić information content (AvgIpc) is 3.10. The van der Waals surface area contributed by atoms with Crippen LogP contribution in [0.5, 0.6) is 5.75 Å². The number of alkyl halides is 3. The first-order chi connectivity index (χ1) is 11.9. The van der Waals surface area contributed by atoms with Gasteiger partial charge in [0.2, 0.25) is 0 Å². The first-order valence-electron chi connectivity index (χ1n) is 6.91. The normalized spacial score (nSPS) is 11.2. The predicted molar refractivity (Wildman–Crippen MR) is 80.2 cm³/mol. The minimum atomic E-state index is -4.76. The fraction of sp³-hybridized carbons (Fsp3) is 0.0667. The number of rotatable bonds is 4. The molecule has 0 saturated heterocycles. The van der Waals surface area contributed by atoms with Crippen LogP contribution in [-0.4, -0.2) is 32.5 Å². The van der Waals surface area contributed by atoms with Gasteiger partial charge < -0.3 is 10.1 Å². The van der Waals surface area contributed by atoms with Crippen molar-refractivity contribution < 1.29 is 22.7 Å². The number of hydrogen-bond acceptors (Lipinski definition) is 5. The minimum absolute atomic E-state index is 0.326. The van der Waals surface area contributed by atoms with Gasteiger partial charge in [-0.1, -0.05) is 6.07 Å². The zero-order valence-corrected chi connectivity index (χ0v) is 12.4. The third-order valence-corrected chi connectivity index (χ3v) is 3.07. The summed E-state index contributed by atoms with van der Waals surface area (Å²) in [4.78, 5) is 12.3. The zero-order chi connectivity index (χ0) is 17.9. The van der Waals surface area contributed by atoms with Crippen molar-refractivity contribution in [3.05, 3.63) is 60.4 Å². The molecule has 1 N–H and O–H groups in total. The molecule has 2 aromatic carbocycles. The molecule has 7 nitrogen and oxygen atoms in total. The number of amides is 1. The maximum absolute atomic E-state index is 12.3. The van der Waals surface area contributed by atoms with Crippen LogP contribution in [0.3, 0.4) is 0 Å². The number of carbonyl (C=O) groups excluding carboxylic acids is 1. The van der Waals surface area contributed by atoms with Gasteiger partial charge in [0.1, 0.15) is 12.1 Å². The van der Waals surface area contributed by atoms with Crippen LogP contribution in [0.25, 0.3) is 5.69 Å². The first-order valence-corrected chi connectivity index (χ1v) is 6.91. The van der Waals surface area contributed by atoms with Gasteiger partial charge in [-0.25, -0.2) is 4.68 Å². The molecule has 0 bridgehead atoms. The van der Waals surface area contributed by atoms with Crippen molar-refractivity contribution in [2.75, 3.05) is 5.32 Å². The number of halogens is 3. The molecule has 128 valence electrons. The molecule has 0 saturated carbocycles. The van der Waals surface area contributed by atoms with Crippen molar-refractivity contribution in [1.82, 2.24) is 20.2 Å². The number of nitrogens with one attached hydrogen (secondary N) is 1. The van der Waals surface area contributed by atoms with E-state index in [4.69, 9.17) is 0 Å². The van der Waals surface area contributed by atoms with E-state index in [1.165, 1.54) is 23.1 Å². The Kier molecular flexibility index (Phi) is 4.33. The molecular weight excluding hydrogens is 339 g/mol. The van der Waals surface area contributed by atoms with Crippen LogP contribution >= 0.6 is 0 Å². The molecule has 10 heteroatoms. The van der Waals surface area contributed by atoms with E-state index in [0.717, 1.165) is 12.1 Å². The Morgan fingerprint density at radius 2 is 1.88 bits per heavy atom. The molecule has 0 aliphatic carbocycles. The van der Waals surface area contributed by atoms with Gasteiger partial charge in [0.25, 0.3) is 5.91 Å². The number of tetrazole rings is 1. The van der Waals surface area contributed by atoms with Gasteiger partial charge in [0.15, 0.2) is 0 Å². The molecule has 0 spiro atoms. The van der Waals surface area contributed by atoms with Gasteiger partial charge >= 0.3 is 6.36 Å². The number of hydrogen-bond donors (Lipinski definition) is 1. The standard InChI is InChI=1S/C15H10F3N5O2/c16-15(17,18)25-13-6-4-11(5-7-13)20-14(24)10-2-1-3-12(8-10)23-9-19-21-22-23/h1-9H,(H,20,24). The Morgan fingerprint density at radius 3 is 2.52 bits per heavy atom. The summed E-state index contributed by atoms with van der Waals surface area (Å²) in [5.41, 5.74) is 1.25. The third-order valence-electron chi connectivity index (χ3n) is 3.07. The monoisotopic (exact) mass is 349 g/mol. The van der Waals surface area contributed by atoms with E-state index in [9.17, 15) is 18.0 Å². The van der Waals surface area contributed by atoms with Gasteiger partial charge in [-0.3, -0.25) is 4.79 Å². The molecule has 1 amide bonds. The van der Waals surface area contributed by atoms with Gasteiger partial charge in [-0.05, 0) is 52.9 Å². The molecule has 3 aromatic rings. The zero-order valence-electron chi connectivity index (χ0n) is 12.4. The summed E-state index contributed by atoms with van der Waals surface area (Å²) in [5.74, 6) is -0.800. The molecule has 1 heterocycles. The van der Waals surface area contributed by atoms with E-state index in [1.54, 1.807) is 24.3 Å². The highest BCUT2D eigenvalue weighted by Crippen LogP contribution is 2.24. The van der Waals surface area contributed by atoms with Crippen LogP contribution in [0.15, 0.2) is 54.9 Å². The van der Waals surface area contributed by atoms with Crippen LogP contribution < -0.4 is 10.1 Å². The molecule has 0 aliphatic rings. The number of carbonyl (C=O) groups is 1. The minimum Gasteiger partial charge on any atom is -0.406 e. The average molecular weight is 349 g/mol. The third kappa shape index (κ3) is 4.31. The van der Waals surface area contributed by atoms with Crippen molar-refractivity contribution in [2.45, 2.75) is 6.36 Å². The van der Waals surface area contributed by atoms with E-state index >= 15 is 0 Å². The van der Waals surface area contributed by atoms with Gasteiger partial charge in [-0.15, -0.1) is 18.3 Å². The Bertz CT molecular complexity index is 864. The lowest BCUT2D eigenvalue weighted by Crippen LogP contribution is -2.17. The van der Waals surface area contributed by atoms with E-state index in [0.29, 0.717) is 16.9 Å². The van der Waals surface area contributed by atoms with E-state index in [-0.39, 0.29) is 5.75 Å². The summed E-state index contributed by atoms with van der Waals surface area (Å²) in [6.45, 7) is 0. The van der Waals surface area contributed by atoms with Crippen LogP contribution in [0.1, 0.15) is 10.4 Å². The summed E-state index contributed by atoms with van der Waals surface area (Å²) in [5, 5.41) is 13.3. The number of benzene rings is 2. The smallest absolute Gasteiger partial charge is 0.406 e. The Hall–Kier alpha value is -3.43. The Labute approximate surface area is 139 Å². The van der Waals surface area contributed by atoms with Gasteiger partial charge in [0.05, 0.1) is 5.69 Å². The molecule has 25 heavy (non-hydrogen) atoms. The highest BCUT2D eigenvalue weighted by Gasteiger charge is 2.30. The maximum Gasteiger partial charge on any atom is 0.573 e. The maximum atomic E-state index is 12.3. The van der Waals surface area contributed by atoms with Crippen LogP contribution in [0.2, 0.25) is 0 Å². The summed E-state index contributed by atoms with van der Waals surface area (Å²) >= 11 is 0. The second kappa shape index (κ2) is 6.59.